The molecule has 0 aliphatic carbocycles. The Kier molecular flexibility index (Phi) is 5.64. The van der Waals surface area contributed by atoms with Gasteiger partial charge in [-0.15, -0.1) is 17.9 Å². The highest BCUT2D eigenvalue weighted by Crippen LogP contribution is 2.32. The maximum atomic E-state index is 13.1. The molecule has 1 fully saturated rings. The number of hydrogen-bond acceptors (Lipinski definition) is 5. The van der Waals surface area contributed by atoms with E-state index in [2.05, 4.69) is 6.58 Å². The van der Waals surface area contributed by atoms with Crippen molar-refractivity contribution < 1.29 is 4.79 Å². The Bertz CT molecular complexity index is 1070. The van der Waals surface area contributed by atoms with Gasteiger partial charge in [0.05, 0.1) is 11.3 Å². The van der Waals surface area contributed by atoms with Crippen LogP contribution < -0.4 is 5.56 Å². The zero-order valence-corrected chi connectivity index (χ0v) is 17.1. The minimum atomic E-state index is -0.0757. The van der Waals surface area contributed by atoms with Gasteiger partial charge in [-0.2, -0.15) is 0 Å². The van der Waals surface area contributed by atoms with E-state index in [-0.39, 0.29) is 11.5 Å². The van der Waals surface area contributed by atoms with Crippen LogP contribution in [0.2, 0.25) is 0 Å². The van der Waals surface area contributed by atoms with Crippen LogP contribution in [0.4, 0.5) is 0 Å². The number of allylic oxidation sites excluding steroid dienone is 1. The number of carbonyl (C=O) groups excluding carboxylic acids is 1. The van der Waals surface area contributed by atoms with Gasteiger partial charge in [0.25, 0.3) is 5.56 Å². The molecule has 0 radical (unpaired) electrons. The van der Waals surface area contributed by atoms with Gasteiger partial charge < -0.3 is 4.90 Å². The number of thiophene rings is 1. The number of likely N-dealkylation sites (tertiary alicyclic amines) is 1. The van der Waals surface area contributed by atoms with Crippen molar-refractivity contribution in [2.45, 2.75) is 24.5 Å². The van der Waals surface area contributed by atoms with E-state index >= 15 is 0 Å². The Morgan fingerprint density at radius 2 is 2.00 bits per heavy atom. The number of benzene rings is 1. The maximum Gasteiger partial charge on any atom is 0.272 e. The highest BCUT2D eigenvalue weighted by molar-refractivity contribution is 7.99. The van der Waals surface area contributed by atoms with Crippen molar-refractivity contribution in [3.8, 4) is 10.4 Å². The Balaban J connectivity index is 1.68. The lowest BCUT2D eigenvalue weighted by molar-refractivity contribution is -0.127. The fourth-order valence-corrected chi connectivity index (χ4v) is 5.28. The number of aromatic nitrogens is 2. The number of amides is 1. The quantitative estimate of drug-likeness (QED) is 0.349. The molecule has 5 nitrogen and oxygen atoms in total. The van der Waals surface area contributed by atoms with Gasteiger partial charge in [0.2, 0.25) is 5.91 Å². The topological polar surface area (TPSA) is 55.2 Å². The average Bonchev–Trinajstić information content (AvgIpc) is 3.39. The third-order valence-electron chi connectivity index (χ3n) is 4.75. The molecule has 1 aromatic carbocycles. The van der Waals surface area contributed by atoms with Crippen LogP contribution in [0.1, 0.15) is 12.8 Å². The van der Waals surface area contributed by atoms with Crippen LogP contribution >= 0.6 is 23.1 Å². The second-order valence-electron chi connectivity index (χ2n) is 6.67. The van der Waals surface area contributed by atoms with Gasteiger partial charge in [-0.1, -0.05) is 48.2 Å². The summed E-state index contributed by atoms with van der Waals surface area (Å²) in [6, 6.07) is 11.9. The number of nitrogens with zero attached hydrogens (tertiary/aromatic N) is 3. The van der Waals surface area contributed by atoms with Crippen molar-refractivity contribution in [1.82, 2.24) is 14.5 Å². The first-order valence-corrected chi connectivity index (χ1v) is 11.1. The summed E-state index contributed by atoms with van der Waals surface area (Å²) >= 11 is 2.79. The second kappa shape index (κ2) is 8.32. The summed E-state index contributed by atoms with van der Waals surface area (Å²) in [5.41, 5.74) is 1.68. The third-order valence-corrected chi connectivity index (χ3v) is 6.87. The molecule has 144 valence electrons. The normalized spacial score (nSPS) is 13.9. The Morgan fingerprint density at radius 3 is 2.71 bits per heavy atom. The standard InChI is InChI=1S/C21H21N3O2S2/c1-2-10-24-20(26)19-16(13-17(28-19)15-8-4-3-5-9-15)22-21(24)27-14-18(25)23-11-6-7-12-23/h2-5,8-9,13H,1,6-7,10-12,14H2. The molecule has 1 saturated heterocycles. The molecule has 1 aliphatic heterocycles. The van der Waals surface area contributed by atoms with Crippen LogP contribution in [-0.4, -0.2) is 39.2 Å². The summed E-state index contributed by atoms with van der Waals surface area (Å²) in [7, 11) is 0. The molecule has 1 aliphatic rings. The molecule has 1 amide bonds. The molecule has 0 unspecified atom stereocenters. The summed E-state index contributed by atoms with van der Waals surface area (Å²) < 4.78 is 2.25. The van der Waals surface area contributed by atoms with Gasteiger partial charge in [0, 0.05) is 24.5 Å². The van der Waals surface area contributed by atoms with Crippen LogP contribution in [0, 0.1) is 0 Å². The zero-order valence-electron chi connectivity index (χ0n) is 15.5. The summed E-state index contributed by atoms with van der Waals surface area (Å²) in [5, 5.41) is 0.572. The van der Waals surface area contributed by atoms with Gasteiger partial charge >= 0.3 is 0 Å². The number of rotatable bonds is 6. The van der Waals surface area contributed by atoms with E-state index in [0.717, 1.165) is 36.4 Å². The lowest BCUT2D eigenvalue weighted by Gasteiger charge is -2.15. The molecule has 3 aromatic rings. The first-order valence-electron chi connectivity index (χ1n) is 9.28. The fraction of sp³-hybridized carbons (Fsp3) is 0.286. The predicted molar refractivity (Wildman–Crippen MR) is 116 cm³/mol. The first-order chi connectivity index (χ1) is 13.7. The summed E-state index contributed by atoms with van der Waals surface area (Å²) in [6.45, 7) is 5.80. The van der Waals surface area contributed by atoms with Crippen LogP contribution in [0.3, 0.4) is 0 Å². The van der Waals surface area contributed by atoms with Crippen molar-refractivity contribution in [3.05, 3.63) is 59.4 Å². The van der Waals surface area contributed by atoms with E-state index in [9.17, 15) is 9.59 Å². The minimum absolute atomic E-state index is 0.0757. The second-order valence-corrected chi connectivity index (χ2v) is 8.66. The predicted octanol–water partition coefficient (Wildman–Crippen LogP) is 4.03. The van der Waals surface area contributed by atoms with E-state index in [1.165, 1.54) is 23.1 Å². The van der Waals surface area contributed by atoms with Gasteiger partial charge in [-0.25, -0.2) is 4.98 Å². The lowest BCUT2D eigenvalue weighted by Crippen LogP contribution is -2.29. The van der Waals surface area contributed by atoms with Crippen LogP contribution in [-0.2, 0) is 11.3 Å². The average molecular weight is 412 g/mol. The van der Waals surface area contributed by atoms with Gasteiger partial charge in [0.1, 0.15) is 4.70 Å². The highest BCUT2D eigenvalue weighted by atomic mass is 32.2. The number of fused-ring (bicyclic) bond motifs is 1. The zero-order chi connectivity index (χ0) is 19.5. The molecule has 2 aromatic heterocycles. The number of carbonyl (C=O) groups is 1. The molecule has 28 heavy (non-hydrogen) atoms. The molecule has 7 heteroatoms. The van der Waals surface area contributed by atoms with E-state index in [4.69, 9.17) is 4.98 Å². The molecule has 0 saturated carbocycles. The Morgan fingerprint density at radius 1 is 1.25 bits per heavy atom. The monoisotopic (exact) mass is 411 g/mol. The van der Waals surface area contributed by atoms with E-state index in [1.54, 1.807) is 10.6 Å². The summed E-state index contributed by atoms with van der Waals surface area (Å²) in [4.78, 5) is 33.1. The number of thioether (sulfide) groups is 1. The van der Waals surface area contributed by atoms with Crippen molar-refractivity contribution in [3.63, 3.8) is 0 Å². The molecular formula is C21H21N3O2S2. The summed E-state index contributed by atoms with van der Waals surface area (Å²) in [5.74, 6) is 0.405. The van der Waals surface area contributed by atoms with Crippen molar-refractivity contribution in [2.24, 2.45) is 0 Å². The van der Waals surface area contributed by atoms with E-state index in [1.807, 2.05) is 41.3 Å². The smallest absolute Gasteiger partial charge is 0.272 e. The van der Waals surface area contributed by atoms with Crippen LogP contribution in [0.25, 0.3) is 20.7 Å². The van der Waals surface area contributed by atoms with Gasteiger partial charge in [0.15, 0.2) is 5.16 Å². The van der Waals surface area contributed by atoms with Gasteiger partial charge in [-0.05, 0) is 24.5 Å². The molecule has 0 bridgehead atoms. The van der Waals surface area contributed by atoms with Crippen molar-refractivity contribution in [1.29, 1.82) is 0 Å². The molecular weight excluding hydrogens is 390 g/mol. The van der Waals surface area contributed by atoms with Crippen LogP contribution in [0.5, 0.6) is 0 Å². The van der Waals surface area contributed by atoms with E-state index < -0.39 is 0 Å². The molecule has 0 N–H and O–H groups in total. The molecule has 3 heterocycles. The largest absolute Gasteiger partial charge is 0.342 e. The molecule has 0 atom stereocenters. The first kappa shape index (κ1) is 19.0. The third kappa shape index (κ3) is 3.77. The highest BCUT2D eigenvalue weighted by Gasteiger charge is 2.20. The molecule has 4 rings (SSSR count). The number of hydrogen-bond donors (Lipinski definition) is 0. The summed E-state index contributed by atoms with van der Waals surface area (Å²) in [6.07, 6.45) is 3.82. The minimum Gasteiger partial charge on any atom is -0.342 e. The van der Waals surface area contributed by atoms with Gasteiger partial charge in [-0.3, -0.25) is 14.2 Å². The maximum absolute atomic E-state index is 13.1. The van der Waals surface area contributed by atoms with Crippen molar-refractivity contribution in [2.75, 3.05) is 18.8 Å². The Hall–Kier alpha value is -2.38. The fourth-order valence-electron chi connectivity index (χ4n) is 3.32. The SMILES string of the molecule is C=CCn1c(SCC(=O)N2CCCC2)nc2cc(-c3ccccc3)sc2c1=O. The molecule has 0 spiro atoms. The lowest BCUT2D eigenvalue weighted by atomic mass is 10.2. The van der Waals surface area contributed by atoms with Crippen molar-refractivity contribution >= 4 is 39.2 Å². The Labute approximate surface area is 171 Å². The van der Waals surface area contributed by atoms with Crippen LogP contribution in [0.15, 0.2) is 59.0 Å². The van der Waals surface area contributed by atoms with E-state index in [0.29, 0.717) is 27.7 Å².